The average molecular weight is 258 g/mol. The fourth-order valence-electron chi connectivity index (χ4n) is 2.38. The molecule has 2 nitrogen and oxygen atoms in total. The van der Waals surface area contributed by atoms with Crippen molar-refractivity contribution in [3.05, 3.63) is 42.0 Å². The topological polar surface area (TPSA) is 26.3 Å². The van der Waals surface area contributed by atoms with Crippen molar-refractivity contribution >= 4 is 5.97 Å². The second-order valence-corrected chi connectivity index (χ2v) is 5.38. The minimum atomic E-state index is -0.129. The number of allylic oxidation sites excluding steroid dienone is 2. The predicted molar refractivity (Wildman–Crippen MR) is 77.0 cm³/mol. The van der Waals surface area contributed by atoms with Gasteiger partial charge in [0.1, 0.15) is 5.75 Å². The van der Waals surface area contributed by atoms with Crippen molar-refractivity contribution in [2.75, 3.05) is 0 Å². The van der Waals surface area contributed by atoms with Gasteiger partial charge in [0, 0.05) is 6.42 Å². The summed E-state index contributed by atoms with van der Waals surface area (Å²) in [5.41, 5.74) is 1.52. The van der Waals surface area contributed by atoms with E-state index < -0.39 is 0 Å². The molecule has 0 bridgehead atoms. The van der Waals surface area contributed by atoms with E-state index in [2.05, 4.69) is 13.0 Å². The molecule has 2 rings (SSSR count). The molecule has 0 amide bonds. The Balaban J connectivity index is 1.67. The predicted octanol–water partition coefficient (Wildman–Crippen LogP) is 4.51. The SMILES string of the molecule is CC1CC=C(CCCC(=O)Oc2ccccc2)CC1. The van der Waals surface area contributed by atoms with Crippen molar-refractivity contribution in [3.63, 3.8) is 0 Å². The summed E-state index contributed by atoms with van der Waals surface area (Å²) < 4.78 is 5.26. The number of esters is 1. The lowest BCUT2D eigenvalue weighted by atomic mass is 9.89. The number of hydrogen-bond acceptors (Lipinski definition) is 2. The number of carbonyl (C=O) groups is 1. The van der Waals surface area contributed by atoms with Gasteiger partial charge in [-0.2, -0.15) is 0 Å². The lowest BCUT2D eigenvalue weighted by Gasteiger charge is -2.17. The highest BCUT2D eigenvalue weighted by atomic mass is 16.5. The van der Waals surface area contributed by atoms with Crippen molar-refractivity contribution in [3.8, 4) is 5.75 Å². The van der Waals surface area contributed by atoms with E-state index in [1.54, 1.807) is 0 Å². The molecular formula is C17H22O2. The van der Waals surface area contributed by atoms with Gasteiger partial charge in [-0.3, -0.25) is 4.79 Å². The van der Waals surface area contributed by atoms with Gasteiger partial charge in [-0.15, -0.1) is 0 Å². The van der Waals surface area contributed by atoms with Gasteiger partial charge in [0.25, 0.3) is 0 Å². The van der Waals surface area contributed by atoms with Gasteiger partial charge >= 0.3 is 5.97 Å². The van der Waals surface area contributed by atoms with Crippen molar-refractivity contribution < 1.29 is 9.53 Å². The third-order valence-electron chi connectivity index (χ3n) is 3.62. The van der Waals surface area contributed by atoms with Gasteiger partial charge in [-0.25, -0.2) is 0 Å². The first kappa shape index (κ1) is 13.9. The molecule has 0 N–H and O–H groups in total. The van der Waals surface area contributed by atoms with Gasteiger partial charge in [0.15, 0.2) is 0 Å². The van der Waals surface area contributed by atoms with E-state index in [0.717, 1.165) is 18.8 Å². The molecule has 0 spiro atoms. The van der Waals surface area contributed by atoms with Gasteiger partial charge in [-0.05, 0) is 50.2 Å². The van der Waals surface area contributed by atoms with Crippen molar-refractivity contribution in [1.82, 2.24) is 0 Å². The molecule has 1 aromatic rings. The van der Waals surface area contributed by atoms with Gasteiger partial charge < -0.3 is 4.74 Å². The summed E-state index contributed by atoms with van der Waals surface area (Å²) in [5, 5.41) is 0. The number of para-hydroxylation sites is 1. The normalized spacial score (nSPS) is 18.8. The number of carbonyl (C=O) groups excluding carboxylic acids is 1. The fraction of sp³-hybridized carbons (Fsp3) is 0.471. The monoisotopic (exact) mass is 258 g/mol. The van der Waals surface area contributed by atoms with Crippen LogP contribution in [0.25, 0.3) is 0 Å². The van der Waals surface area contributed by atoms with Crippen LogP contribution in [0.15, 0.2) is 42.0 Å². The van der Waals surface area contributed by atoms with Crippen LogP contribution >= 0.6 is 0 Å². The van der Waals surface area contributed by atoms with Crippen LogP contribution in [0.3, 0.4) is 0 Å². The van der Waals surface area contributed by atoms with Gasteiger partial charge in [-0.1, -0.05) is 36.8 Å². The molecule has 0 radical (unpaired) electrons. The Bertz CT molecular complexity index is 434. The van der Waals surface area contributed by atoms with E-state index in [-0.39, 0.29) is 5.97 Å². The van der Waals surface area contributed by atoms with Crippen LogP contribution in [0.2, 0.25) is 0 Å². The third kappa shape index (κ3) is 4.90. The summed E-state index contributed by atoms with van der Waals surface area (Å²) in [6, 6.07) is 9.27. The quantitative estimate of drug-likeness (QED) is 0.441. The van der Waals surface area contributed by atoms with Crippen LogP contribution in [-0.2, 0) is 4.79 Å². The molecule has 0 saturated carbocycles. The Hall–Kier alpha value is -1.57. The van der Waals surface area contributed by atoms with E-state index in [9.17, 15) is 4.79 Å². The van der Waals surface area contributed by atoms with Crippen LogP contribution in [0.1, 0.15) is 45.4 Å². The second-order valence-electron chi connectivity index (χ2n) is 5.38. The zero-order valence-corrected chi connectivity index (χ0v) is 11.6. The van der Waals surface area contributed by atoms with E-state index in [4.69, 9.17) is 4.74 Å². The van der Waals surface area contributed by atoms with Crippen LogP contribution in [-0.4, -0.2) is 5.97 Å². The Morgan fingerprint density at radius 2 is 2.11 bits per heavy atom. The van der Waals surface area contributed by atoms with Crippen LogP contribution in [0.5, 0.6) is 5.75 Å². The smallest absolute Gasteiger partial charge is 0.311 e. The molecule has 1 atom stereocenters. The molecule has 0 aliphatic heterocycles. The fourth-order valence-corrected chi connectivity index (χ4v) is 2.38. The van der Waals surface area contributed by atoms with Gasteiger partial charge in [0.2, 0.25) is 0 Å². The number of rotatable bonds is 5. The van der Waals surface area contributed by atoms with E-state index in [1.165, 1.54) is 24.8 Å². The Morgan fingerprint density at radius 3 is 2.79 bits per heavy atom. The lowest BCUT2D eigenvalue weighted by Crippen LogP contribution is -2.08. The Morgan fingerprint density at radius 1 is 1.32 bits per heavy atom. The minimum absolute atomic E-state index is 0.129. The standard InChI is InChI=1S/C17H22O2/c1-14-10-12-15(13-11-14)6-5-9-17(18)19-16-7-3-2-4-8-16/h2-4,7-8,12,14H,5-6,9-11,13H2,1H3. The molecule has 2 heteroatoms. The van der Waals surface area contributed by atoms with E-state index >= 15 is 0 Å². The number of ether oxygens (including phenoxy) is 1. The molecule has 1 aliphatic rings. The van der Waals surface area contributed by atoms with Crippen molar-refractivity contribution in [2.24, 2.45) is 5.92 Å². The molecule has 0 aromatic heterocycles. The maximum Gasteiger partial charge on any atom is 0.311 e. The minimum Gasteiger partial charge on any atom is -0.427 e. The van der Waals surface area contributed by atoms with E-state index in [1.807, 2.05) is 30.3 Å². The molecular weight excluding hydrogens is 236 g/mol. The van der Waals surface area contributed by atoms with Crippen molar-refractivity contribution in [1.29, 1.82) is 0 Å². The zero-order valence-electron chi connectivity index (χ0n) is 11.6. The average Bonchev–Trinajstić information content (AvgIpc) is 2.42. The lowest BCUT2D eigenvalue weighted by molar-refractivity contribution is -0.134. The summed E-state index contributed by atoms with van der Waals surface area (Å²) in [6.45, 7) is 2.30. The maximum absolute atomic E-state index is 11.7. The Labute approximate surface area is 115 Å². The van der Waals surface area contributed by atoms with Crippen LogP contribution in [0.4, 0.5) is 0 Å². The summed E-state index contributed by atoms with van der Waals surface area (Å²) in [5.74, 6) is 1.33. The molecule has 102 valence electrons. The number of hydrogen-bond donors (Lipinski definition) is 0. The summed E-state index contributed by atoms with van der Waals surface area (Å²) in [7, 11) is 0. The largest absolute Gasteiger partial charge is 0.427 e. The highest BCUT2D eigenvalue weighted by molar-refractivity contribution is 5.72. The first-order chi connectivity index (χ1) is 9.24. The summed E-state index contributed by atoms with van der Waals surface area (Å²) in [4.78, 5) is 11.7. The third-order valence-corrected chi connectivity index (χ3v) is 3.62. The molecule has 19 heavy (non-hydrogen) atoms. The Kier molecular flexibility index (Phi) is 5.20. The highest BCUT2D eigenvalue weighted by Gasteiger charge is 2.11. The zero-order chi connectivity index (χ0) is 13.5. The van der Waals surface area contributed by atoms with Gasteiger partial charge in [0.05, 0.1) is 0 Å². The molecule has 0 saturated heterocycles. The second kappa shape index (κ2) is 7.13. The van der Waals surface area contributed by atoms with Crippen molar-refractivity contribution in [2.45, 2.75) is 45.4 Å². The molecule has 0 fully saturated rings. The molecule has 1 unspecified atom stereocenters. The first-order valence-corrected chi connectivity index (χ1v) is 7.17. The molecule has 1 aliphatic carbocycles. The molecule has 1 aromatic carbocycles. The van der Waals surface area contributed by atoms with Crippen LogP contribution in [0, 0.1) is 5.92 Å². The van der Waals surface area contributed by atoms with Crippen LogP contribution < -0.4 is 4.74 Å². The summed E-state index contributed by atoms with van der Waals surface area (Å²) >= 11 is 0. The molecule has 0 heterocycles. The number of benzene rings is 1. The first-order valence-electron chi connectivity index (χ1n) is 7.17. The highest BCUT2D eigenvalue weighted by Crippen LogP contribution is 2.26. The van der Waals surface area contributed by atoms with E-state index in [0.29, 0.717) is 12.2 Å². The maximum atomic E-state index is 11.7. The summed E-state index contributed by atoms with van der Waals surface area (Å²) in [6.07, 6.45) is 8.49.